The number of aliphatic imine (C=N–C) groups is 1. The third-order valence-corrected chi connectivity index (χ3v) is 6.72. The van der Waals surface area contributed by atoms with E-state index >= 15 is 0 Å². The Kier molecular flexibility index (Phi) is 4.92. The van der Waals surface area contributed by atoms with Crippen LogP contribution in [0, 0.1) is 5.92 Å². The smallest absolute Gasteiger partial charge is 0.157 e. The maximum absolute atomic E-state index is 4.79. The minimum absolute atomic E-state index is 0.655. The number of hydrogen-bond donors (Lipinski definition) is 1. The van der Waals surface area contributed by atoms with E-state index in [2.05, 4.69) is 24.1 Å². The Bertz CT molecular complexity index is 354. The second kappa shape index (κ2) is 6.69. The van der Waals surface area contributed by atoms with Gasteiger partial charge in [-0.15, -0.1) is 0 Å². The number of amidine groups is 1. The summed E-state index contributed by atoms with van der Waals surface area (Å²) >= 11 is 2.01. The van der Waals surface area contributed by atoms with E-state index in [1.807, 2.05) is 11.8 Å². The van der Waals surface area contributed by atoms with Crippen LogP contribution < -0.4 is 5.32 Å². The van der Waals surface area contributed by atoms with E-state index in [9.17, 15) is 0 Å². The van der Waals surface area contributed by atoms with Crippen LogP contribution >= 0.6 is 11.8 Å². The average molecular weight is 295 g/mol. The number of fused-ring (bicyclic) bond motifs is 1. The largest absolute Gasteiger partial charge is 0.361 e. The molecule has 4 heteroatoms. The molecule has 2 saturated heterocycles. The molecule has 0 aromatic heterocycles. The van der Waals surface area contributed by atoms with Gasteiger partial charge >= 0.3 is 0 Å². The van der Waals surface area contributed by atoms with Gasteiger partial charge in [0.1, 0.15) is 0 Å². The van der Waals surface area contributed by atoms with Crippen LogP contribution in [0.15, 0.2) is 4.99 Å². The fourth-order valence-corrected chi connectivity index (χ4v) is 5.49. The molecule has 20 heavy (non-hydrogen) atoms. The maximum Gasteiger partial charge on any atom is 0.157 e. The number of piperidine rings is 1. The Morgan fingerprint density at radius 2 is 2.10 bits per heavy atom. The van der Waals surface area contributed by atoms with E-state index in [-0.39, 0.29) is 0 Å². The molecule has 3 rings (SSSR count). The summed E-state index contributed by atoms with van der Waals surface area (Å²) in [6.07, 6.45) is 8.07. The lowest BCUT2D eigenvalue weighted by Crippen LogP contribution is -2.46. The Balaban J connectivity index is 1.52. The highest BCUT2D eigenvalue weighted by atomic mass is 32.2. The fourth-order valence-electron chi connectivity index (χ4n) is 4.10. The lowest BCUT2D eigenvalue weighted by atomic mass is 9.99. The van der Waals surface area contributed by atoms with E-state index in [4.69, 9.17) is 4.99 Å². The molecule has 3 heterocycles. The number of rotatable bonds is 4. The minimum Gasteiger partial charge on any atom is -0.361 e. The van der Waals surface area contributed by atoms with Crippen LogP contribution in [0.25, 0.3) is 0 Å². The molecule has 0 aromatic carbocycles. The van der Waals surface area contributed by atoms with Crippen molar-refractivity contribution in [1.82, 2.24) is 10.2 Å². The van der Waals surface area contributed by atoms with Gasteiger partial charge in [0.25, 0.3) is 0 Å². The Morgan fingerprint density at radius 3 is 2.90 bits per heavy atom. The van der Waals surface area contributed by atoms with E-state index < -0.39 is 0 Å². The first-order valence-corrected chi connectivity index (χ1v) is 9.41. The van der Waals surface area contributed by atoms with Crippen LogP contribution in [0.5, 0.6) is 0 Å². The molecule has 0 saturated carbocycles. The summed E-state index contributed by atoms with van der Waals surface area (Å²) in [6.45, 7) is 8.27. The Labute approximate surface area is 128 Å². The molecule has 1 N–H and O–H groups in total. The van der Waals surface area contributed by atoms with Crippen molar-refractivity contribution < 1.29 is 0 Å². The summed E-state index contributed by atoms with van der Waals surface area (Å²) in [5.74, 6) is 0.831. The quantitative estimate of drug-likeness (QED) is 0.863. The topological polar surface area (TPSA) is 27.6 Å². The van der Waals surface area contributed by atoms with Gasteiger partial charge in [-0.3, -0.25) is 9.89 Å². The monoisotopic (exact) mass is 295 g/mol. The summed E-state index contributed by atoms with van der Waals surface area (Å²) in [5, 5.41) is 5.74. The van der Waals surface area contributed by atoms with Crippen molar-refractivity contribution in [2.45, 2.75) is 69.7 Å². The summed E-state index contributed by atoms with van der Waals surface area (Å²) in [7, 11) is 0. The third kappa shape index (κ3) is 3.01. The van der Waals surface area contributed by atoms with Crippen LogP contribution in [-0.2, 0) is 0 Å². The zero-order chi connectivity index (χ0) is 13.9. The molecule has 3 atom stereocenters. The normalized spacial score (nSPS) is 34.4. The standard InChI is InChI=1S/C16H29N3S/c1-3-12(4-2)15-11-17-16(20-15)18-13-8-10-19-9-6-5-7-14(13)19/h12-15H,3-11H2,1-2H3,(H,17,18). The van der Waals surface area contributed by atoms with Gasteiger partial charge in [0, 0.05) is 23.9 Å². The molecular weight excluding hydrogens is 266 g/mol. The van der Waals surface area contributed by atoms with E-state index in [0.29, 0.717) is 6.04 Å². The third-order valence-electron chi connectivity index (χ3n) is 5.42. The number of thioether (sulfide) groups is 1. The molecule has 114 valence electrons. The highest BCUT2D eigenvalue weighted by Crippen LogP contribution is 2.32. The summed E-state index contributed by atoms with van der Waals surface area (Å²) in [5.41, 5.74) is 0. The Morgan fingerprint density at radius 1 is 1.25 bits per heavy atom. The van der Waals surface area contributed by atoms with Crippen molar-refractivity contribution in [3.8, 4) is 0 Å². The summed E-state index contributed by atoms with van der Waals surface area (Å²) in [4.78, 5) is 7.48. The first-order valence-electron chi connectivity index (χ1n) is 8.53. The second-order valence-corrected chi connectivity index (χ2v) is 7.75. The fraction of sp³-hybridized carbons (Fsp3) is 0.938. The van der Waals surface area contributed by atoms with Gasteiger partial charge in [0.15, 0.2) is 5.17 Å². The minimum atomic E-state index is 0.655. The maximum atomic E-state index is 4.79. The highest BCUT2D eigenvalue weighted by molar-refractivity contribution is 8.14. The molecule has 0 aliphatic carbocycles. The van der Waals surface area contributed by atoms with Gasteiger partial charge in [0.2, 0.25) is 0 Å². The lowest BCUT2D eigenvalue weighted by molar-refractivity contribution is 0.185. The number of hydrogen-bond acceptors (Lipinski definition) is 4. The molecule has 0 spiro atoms. The predicted octanol–water partition coefficient (Wildman–Crippen LogP) is 3.11. The first-order chi connectivity index (χ1) is 9.81. The molecule has 3 aliphatic rings. The molecule has 3 unspecified atom stereocenters. The zero-order valence-electron chi connectivity index (χ0n) is 13.0. The summed E-state index contributed by atoms with van der Waals surface area (Å²) in [6, 6.07) is 1.43. The van der Waals surface area contributed by atoms with Crippen molar-refractivity contribution in [1.29, 1.82) is 0 Å². The highest BCUT2D eigenvalue weighted by Gasteiger charge is 2.37. The van der Waals surface area contributed by atoms with Gasteiger partial charge in [-0.1, -0.05) is 44.9 Å². The number of nitrogens with zero attached hydrogens (tertiary/aromatic N) is 2. The van der Waals surface area contributed by atoms with E-state index in [0.717, 1.165) is 23.8 Å². The second-order valence-electron chi connectivity index (χ2n) is 6.52. The SMILES string of the molecule is CCC(CC)C1CN=C(NC2CCN3CCCCC23)S1. The average Bonchev–Trinajstić information content (AvgIpc) is 3.09. The molecule has 3 nitrogen and oxygen atoms in total. The van der Waals surface area contributed by atoms with Gasteiger partial charge in [-0.2, -0.15) is 0 Å². The van der Waals surface area contributed by atoms with Gasteiger partial charge in [-0.25, -0.2) is 0 Å². The molecule has 3 aliphatic heterocycles. The molecule has 0 aromatic rings. The van der Waals surface area contributed by atoms with Crippen LogP contribution in [0.2, 0.25) is 0 Å². The summed E-state index contributed by atoms with van der Waals surface area (Å²) < 4.78 is 0. The van der Waals surface area contributed by atoms with Gasteiger partial charge in [-0.05, 0) is 31.7 Å². The zero-order valence-corrected chi connectivity index (χ0v) is 13.8. The Hall–Kier alpha value is -0.220. The predicted molar refractivity (Wildman–Crippen MR) is 88.5 cm³/mol. The van der Waals surface area contributed by atoms with Crippen LogP contribution in [0.1, 0.15) is 52.4 Å². The molecular formula is C16H29N3S. The van der Waals surface area contributed by atoms with Gasteiger partial charge < -0.3 is 5.32 Å². The molecule has 2 fully saturated rings. The van der Waals surface area contributed by atoms with Crippen molar-refractivity contribution in [3.63, 3.8) is 0 Å². The van der Waals surface area contributed by atoms with Crippen LogP contribution in [0.3, 0.4) is 0 Å². The van der Waals surface area contributed by atoms with Crippen LogP contribution in [0.4, 0.5) is 0 Å². The van der Waals surface area contributed by atoms with Crippen molar-refractivity contribution in [3.05, 3.63) is 0 Å². The number of nitrogens with one attached hydrogen (secondary N) is 1. The van der Waals surface area contributed by atoms with Crippen LogP contribution in [-0.4, -0.2) is 47.0 Å². The van der Waals surface area contributed by atoms with Crippen molar-refractivity contribution >= 4 is 16.9 Å². The molecule has 0 amide bonds. The van der Waals surface area contributed by atoms with Gasteiger partial charge in [0.05, 0.1) is 6.54 Å². The molecule has 0 radical (unpaired) electrons. The first kappa shape index (κ1) is 14.7. The lowest BCUT2D eigenvalue weighted by Gasteiger charge is -2.32. The van der Waals surface area contributed by atoms with Crippen molar-refractivity contribution in [2.24, 2.45) is 10.9 Å². The van der Waals surface area contributed by atoms with Crippen molar-refractivity contribution in [2.75, 3.05) is 19.6 Å². The molecule has 0 bridgehead atoms. The van der Waals surface area contributed by atoms with E-state index in [1.54, 1.807) is 0 Å². The van der Waals surface area contributed by atoms with E-state index in [1.165, 1.54) is 56.8 Å².